The van der Waals surface area contributed by atoms with Crippen LogP contribution in [-0.2, 0) is 16.6 Å². The number of amides is 1. The van der Waals surface area contributed by atoms with Gasteiger partial charge in [0.1, 0.15) is 5.76 Å². The van der Waals surface area contributed by atoms with Crippen LogP contribution in [0.15, 0.2) is 100 Å². The van der Waals surface area contributed by atoms with E-state index in [1.165, 1.54) is 52.1 Å². The summed E-state index contributed by atoms with van der Waals surface area (Å²) in [6.07, 6.45) is 6.58. The first kappa shape index (κ1) is 25.9. The second kappa shape index (κ2) is 11.3. The van der Waals surface area contributed by atoms with Gasteiger partial charge in [0.15, 0.2) is 5.13 Å². The van der Waals surface area contributed by atoms with E-state index >= 15 is 0 Å². The topological polar surface area (TPSA) is 83.7 Å². The number of furan rings is 1. The van der Waals surface area contributed by atoms with Crippen molar-refractivity contribution in [3.05, 3.63) is 97.5 Å². The zero-order valence-corrected chi connectivity index (χ0v) is 22.1. The van der Waals surface area contributed by atoms with E-state index in [9.17, 15) is 13.2 Å². The van der Waals surface area contributed by atoms with Crippen molar-refractivity contribution in [1.82, 2.24) is 9.29 Å². The molecular weight excluding hydrogens is 515 g/mol. The molecular formula is C26H25N3O4S3. The van der Waals surface area contributed by atoms with Gasteiger partial charge in [0.25, 0.3) is 5.91 Å². The van der Waals surface area contributed by atoms with Crippen LogP contribution >= 0.6 is 23.1 Å². The van der Waals surface area contributed by atoms with E-state index in [0.717, 1.165) is 15.1 Å². The van der Waals surface area contributed by atoms with E-state index in [0.29, 0.717) is 16.5 Å². The Labute approximate surface area is 218 Å². The minimum Gasteiger partial charge on any atom is -0.467 e. The van der Waals surface area contributed by atoms with Crippen LogP contribution in [0.4, 0.5) is 5.13 Å². The van der Waals surface area contributed by atoms with Crippen LogP contribution in [0.3, 0.4) is 0 Å². The summed E-state index contributed by atoms with van der Waals surface area (Å²) >= 11 is 3.02. The molecule has 0 N–H and O–H groups in total. The molecule has 4 rings (SSSR count). The van der Waals surface area contributed by atoms with Gasteiger partial charge in [-0.2, -0.15) is 4.31 Å². The Morgan fingerprint density at radius 1 is 1.08 bits per heavy atom. The Bertz CT molecular complexity index is 1470. The summed E-state index contributed by atoms with van der Waals surface area (Å²) in [6, 6.07) is 15.4. The SMILES string of the molecule is C=CCN(CC=C)S(=O)(=O)c1ccc(C(=O)N(Cc2ccco2)c2nc3c(SC)cccc3s2)cc1. The van der Waals surface area contributed by atoms with Gasteiger partial charge in [0.05, 0.1) is 27.9 Å². The fourth-order valence-electron chi connectivity index (χ4n) is 3.61. The molecule has 2 aromatic heterocycles. The first-order chi connectivity index (χ1) is 17.4. The molecule has 0 aliphatic rings. The lowest BCUT2D eigenvalue weighted by Gasteiger charge is -2.20. The first-order valence-electron chi connectivity index (χ1n) is 11.0. The van der Waals surface area contributed by atoms with Crippen molar-refractivity contribution >= 4 is 54.4 Å². The summed E-state index contributed by atoms with van der Waals surface area (Å²) < 4.78 is 33.8. The summed E-state index contributed by atoms with van der Waals surface area (Å²) in [7, 11) is -3.77. The summed E-state index contributed by atoms with van der Waals surface area (Å²) in [5.41, 5.74) is 1.18. The lowest BCUT2D eigenvalue weighted by Crippen LogP contribution is -2.32. The molecule has 2 aromatic carbocycles. The van der Waals surface area contributed by atoms with Gasteiger partial charge in [-0.05, 0) is 54.8 Å². The Hall–Kier alpha value is -3.18. The fourth-order valence-corrected chi connectivity index (χ4v) is 6.61. The van der Waals surface area contributed by atoms with Gasteiger partial charge in [-0.15, -0.1) is 24.9 Å². The lowest BCUT2D eigenvalue weighted by atomic mass is 10.2. The normalized spacial score (nSPS) is 11.6. The molecule has 4 aromatic rings. The van der Waals surface area contributed by atoms with Gasteiger partial charge in [-0.1, -0.05) is 29.6 Å². The highest BCUT2D eigenvalue weighted by atomic mass is 32.2. The number of carbonyl (C=O) groups excluding carboxylic acids is 1. The predicted molar refractivity (Wildman–Crippen MR) is 146 cm³/mol. The van der Waals surface area contributed by atoms with E-state index in [2.05, 4.69) is 13.2 Å². The molecule has 1 amide bonds. The molecule has 0 saturated carbocycles. The first-order valence-corrected chi connectivity index (χ1v) is 14.5. The molecule has 186 valence electrons. The second-order valence-electron chi connectivity index (χ2n) is 7.70. The smallest absolute Gasteiger partial charge is 0.260 e. The molecule has 0 fully saturated rings. The second-order valence-corrected chi connectivity index (χ2v) is 11.5. The highest BCUT2D eigenvalue weighted by molar-refractivity contribution is 7.98. The molecule has 0 aliphatic carbocycles. The molecule has 0 saturated heterocycles. The molecule has 7 nitrogen and oxygen atoms in total. The van der Waals surface area contributed by atoms with Crippen molar-refractivity contribution in [2.24, 2.45) is 0 Å². The average Bonchev–Trinajstić information content (AvgIpc) is 3.56. The van der Waals surface area contributed by atoms with Crippen LogP contribution in [0.1, 0.15) is 16.1 Å². The Morgan fingerprint density at radius 3 is 2.42 bits per heavy atom. The third-order valence-corrected chi connectivity index (χ3v) is 9.02. The molecule has 0 spiro atoms. The van der Waals surface area contributed by atoms with Crippen molar-refractivity contribution < 1.29 is 17.6 Å². The van der Waals surface area contributed by atoms with Gasteiger partial charge in [-0.3, -0.25) is 9.69 Å². The van der Waals surface area contributed by atoms with Gasteiger partial charge in [0, 0.05) is 23.5 Å². The van der Waals surface area contributed by atoms with Crippen molar-refractivity contribution in [3.63, 3.8) is 0 Å². The van der Waals surface area contributed by atoms with Crippen molar-refractivity contribution in [2.75, 3.05) is 24.2 Å². The third kappa shape index (κ3) is 5.31. The van der Waals surface area contributed by atoms with Crippen molar-refractivity contribution in [3.8, 4) is 0 Å². The lowest BCUT2D eigenvalue weighted by molar-refractivity contribution is 0.0983. The molecule has 0 aliphatic heterocycles. The molecule has 2 heterocycles. The Balaban J connectivity index is 1.69. The zero-order chi connectivity index (χ0) is 25.7. The van der Waals surface area contributed by atoms with Gasteiger partial charge >= 0.3 is 0 Å². The Kier molecular flexibility index (Phi) is 8.10. The maximum absolute atomic E-state index is 13.7. The predicted octanol–water partition coefficient (Wildman–Crippen LogP) is 5.82. The summed E-state index contributed by atoms with van der Waals surface area (Å²) in [5.74, 6) is 0.297. The van der Waals surface area contributed by atoms with E-state index in [1.54, 1.807) is 35.1 Å². The number of benzene rings is 2. The van der Waals surface area contributed by atoms with Gasteiger partial charge < -0.3 is 4.42 Å². The van der Waals surface area contributed by atoms with Crippen LogP contribution in [0.2, 0.25) is 0 Å². The van der Waals surface area contributed by atoms with Crippen LogP contribution in [0.25, 0.3) is 10.2 Å². The summed E-state index contributed by atoms with van der Waals surface area (Å²) in [6.45, 7) is 7.75. The number of fused-ring (bicyclic) bond motifs is 1. The number of thiazole rings is 1. The number of rotatable bonds is 11. The van der Waals surface area contributed by atoms with E-state index in [-0.39, 0.29) is 30.4 Å². The summed E-state index contributed by atoms with van der Waals surface area (Å²) in [4.78, 5) is 21.1. The van der Waals surface area contributed by atoms with E-state index in [1.807, 2.05) is 24.5 Å². The summed E-state index contributed by atoms with van der Waals surface area (Å²) in [5, 5.41) is 0.535. The standard InChI is InChI=1S/C26H25N3O4S3/c1-4-15-28(16-5-2)36(31,32)21-13-11-19(12-14-21)25(30)29(18-20-8-7-17-33-20)26-27-24-22(34-3)9-6-10-23(24)35-26/h4-14,17H,1-2,15-16,18H2,3H3. The largest absolute Gasteiger partial charge is 0.467 e. The van der Waals surface area contributed by atoms with Gasteiger partial charge in [0.2, 0.25) is 10.0 Å². The number of thioether (sulfide) groups is 1. The third-order valence-electron chi connectivity index (χ3n) is 5.37. The maximum Gasteiger partial charge on any atom is 0.260 e. The highest BCUT2D eigenvalue weighted by Crippen LogP contribution is 2.35. The van der Waals surface area contributed by atoms with Crippen molar-refractivity contribution in [2.45, 2.75) is 16.3 Å². The molecule has 0 unspecified atom stereocenters. The number of para-hydroxylation sites is 1. The molecule has 0 radical (unpaired) electrons. The van der Waals surface area contributed by atoms with Crippen LogP contribution < -0.4 is 4.90 Å². The van der Waals surface area contributed by atoms with Crippen LogP contribution in [0, 0.1) is 0 Å². The number of hydrogen-bond acceptors (Lipinski definition) is 7. The molecule has 36 heavy (non-hydrogen) atoms. The van der Waals surface area contributed by atoms with E-state index in [4.69, 9.17) is 9.40 Å². The Morgan fingerprint density at radius 2 is 1.81 bits per heavy atom. The number of hydrogen-bond donors (Lipinski definition) is 0. The number of sulfonamides is 1. The zero-order valence-electron chi connectivity index (χ0n) is 19.7. The number of anilines is 1. The van der Waals surface area contributed by atoms with Gasteiger partial charge in [-0.25, -0.2) is 13.4 Å². The number of aromatic nitrogens is 1. The number of carbonyl (C=O) groups is 1. The van der Waals surface area contributed by atoms with Crippen molar-refractivity contribution in [1.29, 1.82) is 0 Å². The van der Waals surface area contributed by atoms with E-state index < -0.39 is 10.0 Å². The quantitative estimate of drug-likeness (QED) is 0.176. The van der Waals surface area contributed by atoms with Crippen LogP contribution in [-0.4, -0.2) is 43.0 Å². The average molecular weight is 540 g/mol. The monoisotopic (exact) mass is 539 g/mol. The molecule has 10 heteroatoms. The minimum atomic E-state index is -3.77. The fraction of sp³-hybridized carbons (Fsp3) is 0.154. The molecule has 0 bridgehead atoms. The highest BCUT2D eigenvalue weighted by Gasteiger charge is 2.26. The molecule has 0 atom stereocenters. The number of nitrogens with zero attached hydrogens (tertiary/aromatic N) is 3. The maximum atomic E-state index is 13.7. The minimum absolute atomic E-state index is 0.0879. The van der Waals surface area contributed by atoms with Crippen LogP contribution in [0.5, 0.6) is 0 Å².